The van der Waals surface area contributed by atoms with Gasteiger partial charge in [-0.1, -0.05) is 0 Å². The van der Waals surface area contributed by atoms with Crippen LogP contribution in [0.1, 0.15) is 30.0 Å². The van der Waals surface area contributed by atoms with Crippen LogP contribution in [-0.2, 0) is 11.0 Å². The molecule has 0 bridgehead atoms. The molecular weight excluding hydrogens is 264 g/mol. The highest BCUT2D eigenvalue weighted by molar-refractivity contribution is 5.77. The third-order valence-corrected chi connectivity index (χ3v) is 3.06. The molecule has 1 aliphatic rings. The molecule has 3 nitrogen and oxygen atoms in total. The van der Waals surface area contributed by atoms with Crippen LogP contribution < -0.4 is 11.1 Å². The highest BCUT2D eigenvalue weighted by atomic mass is 19.4. The highest BCUT2D eigenvalue weighted by Gasteiger charge is 2.34. The molecule has 2 rings (SSSR count). The van der Waals surface area contributed by atoms with E-state index in [1.165, 1.54) is 0 Å². The summed E-state index contributed by atoms with van der Waals surface area (Å²) >= 11 is 0. The standard InChI is InChI=1S/C12H12F4N2O/c13-8-4-6(3-7(5-8)12(14,15)16)11-9(17)1-2-10(19)18-11/h3-5,9,11H,1-2,17H2,(H,18,19). The summed E-state index contributed by atoms with van der Waals surface area (Å²) in [6.45, 7) is 0. The fraction of sp³-hybridized carbons (Fsp3) is 0.417. The maximum absolute atomic E-state index is 13.3. The number of alkyl halides is 3. The Morgan fingerprint density at radius 2 is 1.95 bits per heavy atom. The molecule has 1 aromatic carbocycles. The quantitative estimate of drug-likeness (QED) is 0.772. The number of rotatable bonds is 1. The summed E-state index contributed by atoms with van der Waals surface area (Å²) in [5.74, 6) is -1.30. The van der Waals surface area contributed by atoms with E-state index in [0.29, 0.717) is 12.5 Å². The number of halogens is 4. The zero-order valence-electron chi connectivity index (χ0n) is 9.80. The predicted octanol–water partition coefficient (Wildman–Crippen LogP) is 2.12. The van der Waals surface area contributed by atoms with E-state index < -0.39 is 29.6 Å². The van der Waals surface area contributed by atoms with Crippen molar-refractivity contribution >= 4 is 5.91 Å². The van der Waals surface area contributed by atoms with Crippen molar-refractivity contribution in [3.8, 4) is 0 Å². The van der Waals surface area contributed by atoms with E-state index in [2.05, 4.69) is 5.32 Å². The van der Waals surface area contributed by atoms with E-state index >= 15 is 0 Å². The van der Waals surface area contributed by atoms with Crippen LogP contribution in [-0.4, -0.2) is 11.9 Å². The molecule has 104 valence electrons. The van der Waals surface area contributed by atoms with Crippen molar-refractivity contribution in [3.63, 3.8) is 0 Å². The molecule has 1 amide bonds. The van der Waals surface area contributed by atoms with Crippen molar-refractivity contribution in [2.45, 2.75) is 31.1 Å². The Morgan fingerprint density at radius 1 is 1.26 bits per heavy atom. The van der Waals surface area contributed by atoms with Crippen molar-refractivity contribution in [1.82, 2.24) is 5.32 Å². The van der Waals surface area contributed by atoms with Crippen LogP contribution in [0.3, 0.4) is 0 Å². The fourth-order valence-electron chi connectivity index (χ4n) is 2.10. The first-order chi connectivity index (χ1) is 8.77. The number of hydrogen-bond acceptors (Lipinski definition) is 2. The van der Waals surface area contributed by atoms with Crippen LogP contribution >= 0.6 is 0 Å². The van der Waals surface area contributed by atoms with Gasteiger partial charge in [-0.25, -0.2) is 4.39 Å². The second-order valence-electron chi connectivity index (χ2n) is 4.52. The summed E-state index contributed by atoms with van der Waals surface area (Å²) in [4.78, 5) is 11.3. The van der Waals surface area contributed by atoms with Gasteiger partial charge in [0.05, 0.1) is 11.6 Å². The lowest BCUT2D eigenvalue weighted by atomic mass is 9.91. The van der Waals surface area contributed by atoms with Crippen LogP contribution in [0.25, 0.3) is 0 Å². The lowest BCUT2D eigenvalue weighted by Gasteiger charge is -2.30. The zero-order valence-corrected chi connectivity index (χ0v) is 9.80. The lowest BCUT2D eigenvalue weighted by Crippen LogP contribution is -2.45. The summed E-state index contributed by atoms with van der Waals surface area (Å²) < 4.78 is 51.1. The fourth-order valence-corrected chi connectivity index (χ4v) is 2.10. The van der Waals surface area contributed by atoms with Crippen molar-refractivity contribution in [2.75, 3.05) is 0 Å². The van der Waals surface area contributed by atoms with Gasteiger partial charge in [-0.2, -0.15) is 13.2 Å². The number of hydrogen-bond donors (Lipinski definition) is 2. The highest BCUT2D eigenvalue weighted by Crippen LogP contribution is 2.33. The second-order valence-corrected chi connectivity index (χ2v) is 4.52. The molecule has 1 aliphatic heterocycles. The van der Waals surface area contributed by atoms with Crippen LogP contribution in [0, 0.1) is 5.82 Å². The summed E-state index contributed by atoms with van der Waals surface area (Å²) in [6, 6.07) is 0.878. The van der Waals surface area contributed by atoms with E-state index in [4.69, 9.17) is 5.73 Å². The first kappa shape index (κ1) is 13.8. The van der Waals surface area contributed by atoms with Gasteiger partial charge >= 0.3 is 6.18 Å². The molecule has 1 saturated heterocycles. The molecule has 1 aromatic rings. The molecule has 2 atom stereocenters. The Labute approximate surface area is 106 Å². The van der Waals surface area contributed by atoms with Crippen molar-refractivity contribution in [2.24, 2.45) is 5.73 Å². The van der Waals surface area contributed by atoms with E-state index in [-0.39, 0.29) is 17.9 Å². The maximum Gasteiger partial charge on any atom is 0.416 e. The van der Waals surface area contributed by atoms with Crippen LogP contribution in [0.2, 0.25) is 0 Å². The largest absolute Gasteiger partial charge is 0.416 e. The summed E-state index contributed by atoms with van der Waals surface area (Å²) in [7, 11) is 0. The van der Waals surface area contributed by atoms with Gasteiger partial charge in [-0.05, 0) is 30.2 Å². The summed E-state index contributed by atoms with van der Waals surface area (Å²) in [5, 5.41) is 2.49. The van der Waals surface area contributed by atoms with Crippen LogP contribution in [0.15, 0.2) is 18.2 Å². The Hall–Kier alpha value is -1.63. The van der Waals surface area contributed by atoms with Gasteiger partial charge in [0.25, 0.3) is 0 Å². The molecule has 1 heterocycles. The zero-order chi connectivity index (χ0) is 14.2. The Balaban J connectivity index is 2.39. The Kier molecular flexibility index (Phi) is 3.49. The average Bonchev–Trinajstić information content (AvgIpc) is 2.30. The molecule has 0 spiro atoms. The van der Waals surface area contributed by atoms with E-state index in [9.17, 15) is 22.4 Å². The molecule has 1 fully saturated rings. The number of carbonyl (C=O) groups is 1. The summed E-state index contributed by atoms with van der Waals surface area (Å²) in [5.41, 5.74) is 4.71. The topological polar surface area (TPSA) is 55.1 Å². The van der Waals surface area contributed by atoms with Crippen LogP contribution in [0.5, 0.6) is 0 Å². The monoisotopic (exact) mass is 276 g/mol. The van der Waals surface area contributed by atoms with Crippen LogP contribution in [0.4, 0.5) is 17.6 Å². The molecule has 0 saturated carbocycles. The third-order valence-electron chi connectivity index (χ3n) is 3.06. The van der Waals surface area contributed by atoms with Gasteiger partial charge in [-0.3, -0.25) is 4.79 Å². The molecule has 3 N–H and O–H groups in total. The van der Waals surface area contributed by atoms with Gasteiger partial charge in [0.2, 0.25) is 5.91 Å². The van der Waals surface area contributed by atoms with Crippen molar-refractivity contribution in [1.29, 1.82) is 0 Å². The average molecular weight is 276 g/mol. The number of piperidine rings is 1. The van der Waals surface area contributed by atoms with E-state index in [1.54, 1.807) is 0 Å². The molecule has 0 aliphatic carbocycles. The number of carbonyl (C=O) groups excluding carboxylic acids is 1. The molecule has 19 heavy (non-hydrogen) atoms. The predicted molar refractivity (Wildman–Crippen MR) is 59.5 cm³/mol. The molecule has 0 radical (unpaired) electrons. The smallest absolute Gasteiger partial charge is 0.348 e. The number of amides is 1. The molecule has 7 heteroatoms. The molecule has 0 aromatic heterocycles. The van der Waals surface area contributed by atoms with E-state index in [0.717, 1.165) is 12.1 Å². The maximum atomic E-state index is 13.3. The molecular formula is C12H12F4N2O. The van der Waals surface area contributed by atoms with Gasteiger partial charge in [0, 0.05) is 12.5 Å². The third kappa shape index (κ3) is 3.04. The number of nitrogens with two attached hydrogens (primary N) is 1. The first-order valence-electron chi connectivity index (χ1n) is 5.70. The minimum absolute atomic E-state index is 0.0351. The molecule has 2 unspecified atom stereocenters. The van der Waals surface area contributed by atoms with Crippen molar-refractivity contribution < 1.29 is 22.4 Å². The van der Waals surface area contributed by atoms with Crippen molar-refractivity contribution in [3.05, 3.63) is 35.1 Å². The number of benzene rings is 1. The van der Waals surface area contributed by atoms with E-state index in [1.807, 2.05) is 0 Å². The van der Waals surface area contributed by atoms with Gasteiger partial charge in [0.1, 0.15) is 5.82 Å². The summed E-state index contributed by atoms with van der Waals surface area (Å²) in [6.07, 6.45) is -4.06. The Bertz CT molecular complexity index is 501. The van der Waals surface area contributed by atoms with Gasteiger partial charge < -0.3 is 11.1 Å². The Morgan fingerprint density at radius 3 is 2.58 bits per heavy atom. The normalized spacial score (nSPS) is 24.2. The minimum Gasteiger partial charge on any atom is -0.348 e. The lowest BCUT2D eigenvalue weighted by molar-refractivity contribution is -0.137. The second kappa shape index (κ2) is 4.80. The van der Waals surface area contributed by atoms with Gasteiger partial charge in [-0.15, -0.1) is 0 Å². The SMILES string of the molecule is NC1CCC(=O)NC1c1cc(F)cc(C(F)(F)F)c1. The minimum atomic E-state index is -4.64. The number of nitrogens with one attached hydrogen (secondary N) is 1. The first-order valence-corrected chi connectivity index (χ1v) is 5.70. The van der Waals surface area contributed by atoms with Gasteiger partial charge in [0.15, 0.2) is 0 Å².